The van der Waals surface area contributed by atoms with Gasteiger partial charge < -0.3 is 18.9 Å². The highest BCUT2D eigenvalue weighted by molar-refractivity contribution is 7.91. The Hall–Kier alpha value is -2.52. The molecule has 1 amide bonds. The highest BCUT2D eigenvalue weighted by atomic mass is 35.5. The van der Waals surface area contributed by atoms with Crippen LogP contribution in [0.1, 0.15) is 42.0 Å². The molecule has 0 bridgehead atoms. The van der Waals surface area contributed by atoms with Crippen LogP contribution in [0.5, 0.6) is 5.75 Å². The fourth-order valence-electron chi connectivity index (χ4n) is 4.30. The molecule has 0 aliphatic carbocycles. The van der Waals surface area contributed by atoms with Crippen molar-refractivity contribution in [2.45, 2.75) is 46.3 Å². The van der Waals surface area contributed by atoms with Gasteiger partial charge in [0, 0.05) is 29.0 Å². The van der Waals surface area contributed by atoms with Crippen LogP contribution in [0.4, 0.5) is 0 Å². The van der Waals surface area contributed by atoms with Crippen LogP contribution in [0.3, 0.4) is 0 Å². The zero-order valence-corrected chi connectivity index (χ0v) is 21.0. The standard InChI is InChI=1S/C23H29ClN2O6S/c1-6-25(18-9-10-33(29,30)13-18)22(27)16(4)32-23(28)19-11-14(2)26(15(19)3)20-12-17(24)7-8-21(20)31-5/h7-8,11-12,16,18H,6,9-10,13H2,1-5H3/t16-,18-/m1/s1. The minimum absolute atomic E-state index is 0.0597. The molecule has 2 atom stereocenters. The second-order valence-electron chi connectivity index (χ2n) is 8.17. The number of carbonyl (C=O) groups excluding carboxylic acids is 2. The molecule has 1 aliphatic rings. The Labute approximate surface area is 199 Å². The number of methoxy groups -OCH3 is 1. The molecule has 1 aromatic carbocycles. The Kier molecular flexibility index (Phi) is 7.43. The van der Waals surface area contributed by atoms with Crippen molar-refractivity contribution in [3.8, 4) is 11.4 Å². The highest BCUT2D eigenvalue weighted by Crippen LogP contribution is 2.31. The van der Waals surface area contributed by atoms with Gasteiger partial charge in [0.25, 0.3) is 5.91 Å². The SMILES string of the molecule is CCN(C(=O)[C@@H](C)OC(=O)c1cc(C)n(-c2cc(Cl)ccc2OC)c1C)[C@@H]1CCS(=O)(=O)C1. The Bertz CT molecular complexity index is 1170. The normalized spacial score (nSPS) is 18.1. The van der Waals surface area contributed by atoms with Gasteiger partial charge in [0.15, 0.2) is 15.9 Å². The Balaban J connectivity index is 1.82. The molecule has 0 spiro atoms. The first kappa shape index (κ1) is 25.1. The van der Waals surface area contributed by atoms with E-state index in [0.717, 1.165) is 5.69 Å². The average molecular weight is 497 g/mol. The number of benzene rings is 1. The quantitative estimate of drug-likeness (QED) is 0.545. The third-order valence-electron chi connectivity index (χ3n) is 5.94. The summed E-state index contributed by atoms with van der Waals surface area (Å²) in [5.74, 6) is -0.441. The van der Waals surface area contributed by atoms with Crippen LogP contribution in [0.25, 0.3) is 5.69 Å². The van der Waals surface area contributed by atoms with Gasteiger partial charge >= 0.3 is 5.97 Å². The first-order valence-corrected chi connectivity index (χ1v) is 12.9. The Morgan fingerprint density at radius 1 is 1.27 bits per heavy atom. The van der Waals surface area contributed by atoms with E-state index in [1.54, 1.807) is 45.2 Å². The fourth-order valence-corrected chi connectivity index (χ4v) is 6.20. The number of ether oxygens (including phenoxy) is 2. The lowest BCUT2D eigenvalue weighted by molar-refractivity contribution is -0.141. The van der Waals surface area contributed by atoms with Crippen LogP contribution in [-0.2, 0) is 19.4 Å². The van der Waals surface area contributed by atoms with Crippen molar-refractivity contribution in [1.82, 2.24) is 9.47 Å². The summed E-state index contributed by atoms with van der Waals surface area (Å²) in [5.41, 5.74) is 2.39. The predicted octanol–water partition coefficient (Wildman–Crippen LogP) is 3.34. The maximum atomic E-state index is 13.0. The minimum atomic E-state index is -3.14. The number of aromatic nitrogens is 1. The number of hydrogen-bond donors (Lipinski definition) is 0. The van der Waals surface area contributed by atoms with E-state index >= 15 is 0 Å². The van der Waals surface area contributed by atoms with Crippen molar-refractivity contribution in [3.05, 3.63) is 46.2 Å². The monoisotopic (exact) mass is 496 g/mol. The van der Waals surface area contributed by atoms with E-state index < -0.39 is 33.9 Å². The molecule has 0 radical (unpaired) electrons. The fraction of sp³-hybridized carbons (Fsp3) is 0.478. The number of esters is 1. The molecule has 1 fully saturated rings. The summed E-state index contributed by atoms with van der Waals surface area (Å²) in [7, 11) is -1.59. The van der Waals surface area contributed by atoms with Crippen LogP contribution in [-0.4, -0.2) is 67.1 Å². The van der Waals surface area contributed by atoms with Gasteiger partial charge in [0.1, 0.15) is 5.75 Å². The van der Waals surface area contributed by atoms with Gasteiger partial charge in [-0.05, 0) is 58.4 Å². The van der Waals surface area contributed by atoms with E-state index in [1.165, 1.54) is 11.8 Å². The first-order chi connectivity index (χ1) is 15.5. The predicted molar refractivity (Wildman–Crippen MR) is 126 cm³/mol. The second kappa shape index (κ2) is 9.77. The maximum absolute atomic E-state index is 13.0. The van der Waals surface area contributed by atoms with Crippen LogP contribution >= 0.6 is 11.6 Å². The van der Waals surface area contributed by atoms with Crippen molar-refractivity contribution >= 4 is 33.3 Å². The lowest BCUT2D eigenvalue weighted by Gasteiger charge is -2.29. The number of halogens is 1. The van der Waals surface area contributed by atoms with Crippen LogP contribution < -0.4 is 4.74 Å². The van der Waals surface area contributed by atoms with Gasteiger partial charge in [0.05, 0.1) is 29.9 Å². The maximum Gasteiger partial charge on any atom is 0.340 e. The molecular weight excluding hydrogens is 468 g/mol. The Morgan fingerprint density at radius 2 is 1.97 bits per heavy atom. The molecule has 0 unspecified atom stereocenters. The molecule has 1 aromatic heterocycles. The largest absolute Gasteiger partial charge is 0.495 e. The number of hydrogen-bond acceptors (Lipinski definition) is 6. The second-order valence-corrected chi connectivity index (χ2v) is 10.8. The molecule has 0 N–H and O–H groups in total. The van der Waals surface area contributed by atoms with Gasteiger partial charge in [-0.15, -0.1) is 0 Å². The van der Waals surface area contributed by atoms with Crippen molar-refractivity contribution < 1.29 is 27.5 Å². The van der Waals surface area contributed by atoms with Crippen molar-refractivity contribution in [1.29, 1.82) is 0 Å². The minimum Gasteiger partial charge on any atom is -0.495 e. The van der Waals surface area contributed by atoms with E-state index in [0.29, 0.717) is 40.7 Å². The van der Waals surface area contributed by atoms with Crippen LogP contribution in [0.15, 0.2) is 24.3 Å². The first-order valence-electron chi connectivity index (χ1n) is 10.7. The lowest BCUT2D eigenvalue weighted by atomic mass is 10.2. The van der Waals surface area contributed by atoms with E-state index in [9.17, 15) is 18.0 Å². The molecule has 0 saturated carbocycles. The molecule has 2 heterocycles. The van der Waals surface area contributed by atoms with Crippen molar-refractivity contribution in [3.63, 3.8) is 0 Å². The zero-order chi connectivity index (χ0) is 24.5. The van der Waals surface area contributed by atoms with Gasteiger partial charge in [0.2, 0.25) is 0 Å². The van der Waals surface area contributed by atoms with Crippen LogP contribution in [0, 0.1) is 13.8 Å². The number of rotatable bonds is 7. The molecule has 3 rings (SSSR count). The van der Waals surface area contributed by atoms with E-state index in [-0.39, 0.29) is 11.5 Å². The summed E-state index contributed by atoms with van der Waals surface area (Å²) < 4.78 is 36.5. The number of amides is 1. The third-order valence-corrected chi connectivity index (χ3v) is 7.92. The number of sulfone groups is 1. The van der Waals surface area contributed by atoms with E-state index in [2.05, 4.69) is 0 Å². The number of likely N-dealkylation sites (N-methyl/N-ethyl adjacent to an activating group) is 1. The summed E-state index contributed by atoms with van der Waals surface area (Å²) >= 11 is 6.18. The van der Waals surface area contributed by atoms with E-state index in [1.807, 2.05) is 11.5 Å². The summed E-state index contributed by atoms with van der Waals surface area (Å²) in [6.07, 6.45) is -0.657. The molecule has 1 saturated heterocycles. The summed E-state index contributed by atoms with van der Waals surface area (Å²) in [6.45, 7) is 7.25. The molecule has 180 valence electrons. The molecule has 2 aromatic rings. The van der Waals surface area contributed by atoms with Crippen molar-refractivity contribution in [2.75, 3.05) is 25.2 Å². The number of carbonyl (C=O) groups is 2. The smallest absolute Gasteiger partial charge is 0.340 e. The summed E-state index contributed by atoms with van der Waals surface area (Å²) in [5, 5.41) is 0.523. The Morgan fingerprint density at radius 3 is 2.55 bits per heavy atom. The topological polar surface area (TPSA) is 94.9 Å². The third kappa shape index (κ3) is 5.19. The highest BCUT2D eigenvalue weighted by Gasteiger charge is 2.36. The van der Waals surface area contributed by atoms with Gasteiger partial charge in [-0.2, -0.15) is 0 Å². The van der Waals surface area contributed by atoms with Crippen molar-refractivity contribution in [2.24, 2.45) is 0 Å². The average Bonchev–Trinajstić information content (AvgIpc) is 3.26. The molecular formula is C23H29ClN2O6S. The zero-order valence-electron chi connectivity index (χ0n) is 19.4. The lowest BCUT2D eigenvalue weighted by Crippen LogP contribution is -2.46. The molecule has 10 heteroatoms. The molecule has 1 aliphatic heterocycles. The summed E-state index contributed by atoms with van der Waals surface area (Å²) in [6, 6.07) is 6.51. The van der Waals surface area contributed by atoms with E-state index in [4.69, 9.17) is 21.1 Å². The van der Waals surface area contributed by atoms with Crippen LogP contribution in [0.2, 0.25) is 5.02 Å². The van der Waals surface area contributed by atoms with Gasteiger partial charge in [-0.3, -0.25) is 4.79 Å². The van der Waals surface area contributed by atoms with Gasteiger partial charge in [-0.25, -0.2) is 13.2 Å². The summed E-state index contributed by atoms with van der Waals surface area (Å²) in [4.78, 5) is 27.4. The van der Waals surface area contributed by atoms with Gasteiger partial charge in [-0.1, -0.05) is 11.6 Å². The number of nitrogens with zero attached hydrogens (tertiary/aromatic N) is 2. The molecule has 33 heavy (non-hydrogen) atoms. The molecule has 8 nitrogen and oxygen atoms in total. The number of aryl methyl sites for hydroxylation is 1.